The third-order valence-corrected chi connectivity index (χ3v) is 11.9. The molecule has 17 nitrogen and oxygen atoms in total. The van der Waals surface area contributed by atoms with E-state index < -0.39 is 48.0 Å². The summed E-state index contributed by atoms with van der Waals surface area (Å²) < 4.78 is 45.4. The molecule has 0 radical (unpaired) electrons. The second-order valence-corrected chi connectivity index (χ2v) is 16.5. The number of nitrogens with zero attached hydrogens (tertiary/aromatic N) is 6. The van der Waals surface area contributed by atoms with Gasteiger partial charge in [0.25, 0.3) is 11.8 Å². The zero-order valence-electron chi connectivity index (χ0n) is 36.8. The number of alkyl carbamates (subject to hydrolysis) is 1. The van der Waals surface area contributed by atoms with Gasteiger partial charge in [0.05, 0.1) is 58.9 Å². The number of methoxy groups -OCH3 is 1. The predicted octanol–water partition coefficient (Wildman–Crippen LogP) is 9.31. The summed E-state index contributed by atoms with van der Waals surface area (Å²) in [5, 5.41) is 14.5. The molecule has 5 aromatic heterocycles. The zero-order valence-corrected chi connectivity index (χ0v) is 36.8. The van der Waals surface area contributed by atoms with Crippen LogP contribution in [0.15, 0.2) is 134 Å². The van der Waals surface area contributed by atoms with E-state index in [1.807, 2.05) is 44.2 Å². The number of H-pyrrole nitrogens is 2. The molecule has 346 valence electrons. The van der Waals surface area contributed by atoms with Crippen molar-refractivity contribution < 1.29 is 42.5 Å². The molecule has 4 aromatic carbocycles. The zero-order chi connectivity index (χ0) is 48.1. The number of nitrogens with one attached hydrogen (secondary N) is 4. The Bertz CT molecular complexity index is 3460. The van der Waals surface area contributed by atoms with Crippen molar-refractivity contribution in [1.82, 2.24) is 49.3 Å². The summed E-state index contributed by atoms with van der Waals surface area (Å²) >= 11 is 0. The monoisotopic (exact) mass is 930 g/mol. The molecule has 19 heteroatoms. The van der Waals surface area contributed by atoms with Crippen LogP contribution in [0.5, 0.6) is 5.75 Å². The number of carbonyl (C=O) groups is 4. The molecular formula is C50H40F2N10O7. The van der Waals surface area contributed by atoms with Crippen LogP contribution in [0.1, 0.15) is 46.8 Å². The van der Waals surface area contributed by atoms with E-state index in [0.717, 1.165) is 12.1 Å². The number of ether oxygens (including phenoxy) is 2. The lowest BCUT2D eigenvalue weighted by Gasteiger charge is -2.30. The van der Waals surface area contributed by atoms with Gasteiger partial charge < -0.3 is 35.2 Å². The van der Waals surface area contributed by atoms with Crippen LogP contribution in [-0.2, 0) is 4.74 Å². The Hall–Kier alpha value is -9.13. The molecule has 0 spiro atoms. The molecule has 9 aromatic rings. The number of fused-ring (bicyclic) bond motifs is 4. The minimum Gasteiger partial charge on any atom is -0.465 e. The van der Waals surface area contributed by atoms with E-state index in [4.69, 9.17) is 19.4 Å². The number of rotatable bonds is 11. The lowest BCUT2D eigenvalue weighted by atomic mass is 10.0. The lowest BCUT2D eigenvalue weighted by Crippen LogP contribution is -2.46. The van der Waals surface area contributed by atoms with Crippen LogP contribution in [0.3, 0.4) is 0 Å². The van der Waals surface area contributed by atoms with Crippen molar-refractivity contribution in [2.45, 2.75) is 32.2 Å². The number of hydrogen-bond acceptors (Lipinski definition) is 9. The average Bonchev–Trinajstić information content (AvgIpc) is 4.22. The van der Waals surface area contributed by atoms with E-state index in [0.29, 0.717) is 84.8 Å². The van der Waals surface area contributed by atoms with Gasteiger partial charge in [0.1, 0.15) is 23.7 Å². The molecule has 0 fully saturated rings. The van der Waals surface area contributed by atoms with Crippen LogP contribution >= 0.6 is 0 Å². The first kappa shape index (κ1) is 43.7. The third-order valence-electron chi connectivity index (χ3n) is 11.9. The quantitative estimate of drug-likeness (QED) is 0.0828. The first-order chi connectivity index (χ1) is 33.4. The Morgan fingerprint density at radius 1 is 0.754 bits per heavy atom. The van der Waals surface area contributed by atoms with Crippen molar-refractivity contribution in [3.8, 4) is 62.7 Å². The molecule has 1 aliphatic heterocycles. The SMILES string of the molecule is COC(=O)N[C@H](C(=O)n1cccc1-c1nc2ccc(-c3cnc4n3[C@H](c3ccc(F)c(F)c3)Oc3cc(-c5cnc(-c6cccn6C(=O)[C@@H](NC(=O)O)c6ccccc6)[nH]5)ccc3-4)cc2[nH]1)C(C)C. The van der Waals surface area contributed by atoms with Crippen LogP contribution < -0.4 is 15.4 Å². The van der Waals surface area contributed by atoms with Crippen molar-refractivity contribution in [2.75, 3.05) is 7.11 Å². The fourth-order valence-electron chi connectivity index (χ4n) is 8.50. The lowest BCUT2D eigenvalue weighted by molar-refractivity contribution is 0.0821. The molecule has 0 bridgehead atoms. The minimum atomic E-state index is -1.36. The molecule has 69 heavy (non-hydrogen) atoms. The van der Waals surface area contributed by atoms with E-state index in [2.05, 4.69) is 25.6 Å². The number of carbonyl (C=O) groups excluding carboxylic acids is 3. The smallest absolute Gasteiger partial charge is 0.407 e. The Kier molecular flexibility index (Phi) is 11.2. The normalized spacial score (nSPS) is 13.9. The summed E-state index contributed by atoms with van der Waals surface area (Å²) in [6.07, 6.45) is 3.30. The highest BCUT2D eigenvalue weighted by Crippen LogP contribution is 2.45. The van der Waals surface area contributed by atoms with Gasteiger partial charge in [-0.1, -0.05) is 62.4 Å². The van der Waals surface area contributed by atoms with Gasteiger partial charge in [-0.15, -0.1) is 0 Å². The largest absolute Gasteiger partial charge is 0.465 e. The van der Waals surface area contributed by atoms with Gasteiger partial charge in [-0.3, -0.25) is 23.3 Å². The van der Waals surface area contributed by atoms with Crippen LogP contribution in [0, 0.1) is 17.6 Å². The maximum atomic E-state index is 15.0. The van der Waals surface area contributed by atoms with Gasteiger partial charge in [-0.25, -0.2) is 33.3 Å². The van der Waals surface area contributed by atoms with Crippen LogP contribution in [-0.4, -0.2) is 80.9 Å². The average molecular weight is 931 g/mol. The third kappa shape index (κ3) is 8.04. The van der Waals surface area contributed by atoms with Crippen LogP contribution in [0.25, 0.3) is 68.0 Å². The number of imidazole rings is 3. The molecular weight excluding hydrogens is 891 g/mol. The summed E-state index contributed by atoms with van der Waals surface area (Å²) in [7, 11) is 1.23. The summed E-state index contributed by atoms with van der Waals surface area (Å²) in [5.41, 5.74) is 5.93. The molecule has 3 atom stereocenters. The molecule has 0 saturated carbocycles. The van der Waals surface area contributed by atoms with Crippen molar-refractivity contribution in [3.05, 3.63) is 157 Å². The summed E-state index contributed by atoms with van der Waals surface area (Å²) in [6.45, 7) is 3.63. The highest BCUT2D eigenvalue weighted by atomic mass is 19.2. The van der Waals surface area contributed by atoms with Gasteiger partial charge in [-0.05, 0) is 72.1 Å². The minimum absolute atomic E-state index is 0.249. The van der Waals surface area contributed by atoms with Gasteiger partial charge >= 0.3 is 12.2 Å². The molecule has 0 saturated heterocycles. The number of carboxylic acid groups (broad SMARTS) is 1. The molecule has 6 heterocycles. The number of aromatic nitrogens is 8. The number of amides is 2. The molecule has 5 N–H and O–H groups in total. The molecule has 0 aliphatic carbocycles. The maximum absolute atomic E-state index is 15.0. The maximum Gasteiger partial charge on any atom is 0.407 e. The fraction of sp³-hybridized carbons (Fsp3) is 0.140. The summed E-state index contributed by atoms with van der Waals surface area (Å²) in [4.78, 5) is 72.2. The molecule has 1 aliphatic rings. The van der Waals surface area contributed by atoms with Crippen molar-refractivity contribution >= 4 is 35.0 Å². The first-order valence-corrected chi connectivity index (χ1v) is 21.6. The number of aromatic amines is 2. The second-order valence-electron chi connectivity index (χ2n) is 16.5. The Morgan fingerprint density at radius 2 is 1.49 bits per heavy atom. The van der Waals surface area contributed by atoms with Crippen molar-refractivity contribution in [2.24, 2.45) is 5.92 Å². The fourth-order valence-corrected chi connectivity index (χ4v) is 8.50. The van der Waals surface area contributed by atoms with Crippen molar-refractivity contribution in [3.63, 3.8) is 0 Å². The second kappa shape index (κ2) is 17.6. The van der Waals surface area contributed by atoms with Gasteiger partial charge in [0.15, 0.2) is 23.3 Å². The number of halogens is 2. The standard InChI is InChI=1S/C50H40F2N10O7/c1-26(2)41(59-50(67)68-3)46(63)61-20-8-12-38(61)44-55-34-18-15-29(22-35(34)56-44)39-25-54-45-31-16-13-28(23-40(31)69-48(62(39)45)30-14-17-32(51)33(52)21-30)36-24-53-43(57-36)37-11-7-19-60(37)47(64)42(58-49(65)66)27-9-5-4-6-10-27/h4-26,41-42,48,58H,1-3H3,(H,53,57)(H,55,56)(H,59,67)(H,65,66)/t41-,42-,48-/m0/s1. The predicted molar refractivity (Wildman–Crippen MR) is 248 cm³/mol. The van der Waals surface area contributed by atoms with E-state index in [1.165, 1.54) is 28.5 Å². The van der Waals surface area contributed by atoms with Gasteiger partial charge in [0, 0.05) is 29.1 Å². The Morgan fingerprint density at radius 3 is 2.22 bits per heavy atom. The number of benzene rings is 4. The van der Waals surface area contributed by atoms with E-state index >= 15 is 0 Å². The van der Waals surface area contributed by atoms with Crippen molar-refractivity contribution in [1.29, 1.82) is 0 Å². The molecule has 0 unspecified atom stereocenters. The van der Waals surface area contributed by atoms with E-state index in [9.17, 15) is 33.1 Å². The van der Waals surface area contributed by atoms with Gasteiger partial charge in [-0.2, -0.15) is 0 Å². The van der Waals surface area contributed by atoms with Crippen LogP contribution in [0.2, 0.25) is 0 Å². The van der Waals surface area contributed by atoms with E-state index in [-0.39, 0.29) is 11.8 Å². The topological polar surface area (TPSA) is 216 Å². The number of hydrogen-bond donors (Lipinski definition) is 5. The Balaban J connectivity index is 0.984. The Labute approximate surface area is 390 Å². The highest BCUT2D eigenvalue weighted by Gasteiger charge is 2.33. The first-order valence-electron chi connectivity index (χ1n) is 21.6. The molecule has 10 rings (SSSR count). The summed E-state index contributed by atoms with van der Waals surface area (Å²) in [6, 6.07) is 27.8. The summed E-state index contributed by atoms with van der Waals surface area (Å²) in [5.74, 6) is -1.63. The van der Waals surface area contributed by atoms with E-state index in [1.54, 1.807) is 83.8 Å². The van der Waals surface area contributed by atoms with Crippen LogP contribution in [0.4, 0.5) is 18.4 Å². The molecule has 2 amide bonds. The highest BCUT2D eigenvalue weighted by molar-refractivity contribution is 5.93. The van der Waals surface area contributed by atoms with Gasteiger partial charge in [0.2, 0.25) is 6.23 Å².